The van der Waals surface area contributed by atoms with Crippen LogP contribution in [0.2, 0.25) is 5.02 Å². The van der Waals surface area contributed by atoms with Crippen LogP contribution in [0.4, 0.5) is 10.1 Å². The maximum absolute atomic E-state index is 13.9. The molecule has 0 saturated heterocycles. The van der Waals surface area contributed by atoms with Gasteiger partial charge in [-0.2, -0.15) is 0 Å². The maximum Gasteiger partial charge on any atom is 0.264 e. The first-order valence-electron chi connectivity index (χ1n) is 10.3. The highest BCUT2D eigenvalue weighted by Crippen LogP contribution is 2.30. The molecular formula is C25H22ClFN2O3. The summed E-state index contributed by atoms with van der Waals surface area (Å²) in [7, 11) is 0. The molecule has 0 radical (unpaired) electrons. The number of hydrogen-bond donors (Lipinski definition) is 1. The number of ether oxygens (including phenoxy) is 1. The SMILES string of the molecule is CC[C@@H]1Oc2ccc(NC(=O)c3ccccc3F)cc2CN(Cc2ccc(Cl)cc2)C1=O. The van der Waals surface area contributed by atoms with E-state index in [4.69, 9.17) is 16.3 Å². The predicted octanol–water partition coefficient (Wildman–Crippen LogP) is 5.43. The number of carbonyl (C=O) groups excluding carboxylic acids is 2. The lowest BCUT2D eigenvalue weighted by atomic mass is 10.1. The van der Waals surface area contributed by atoms with Gasteiger partial charge in [-0.15, -0.1) is 0 Å². The van der Waals surface area contributed by atoms with Crippen LogP contribution in [-0.4, -0.2) is 22.8 Å². The van der Waals surface area contributed by atoms with Gasteiger partial charge >= 0.3 is 0 Å². The zero-order valence-corrected chi connectivity index (χ0v) is 18.2. The molecule has 0 unspecified atom stereocenters. The summed E-state index contributed by atoms with van der Waals surface area (Å²) in [4.78, 5) is 27.3. The Morgan fingerprint density at radius 1 is 1.16 bits per heavy atom. The van der Waals surface area contributed by atoms with Gasteiger partial charge in [0.1, 0.15) is 11.6 Å². The van der Waals surface area contributed by atoms with Crippen LogP contribution < -0.4 is 10.1 Å². The molecule has 0 aromatic heterocycles. The second-order valence-corrected chi connectivity index (χ2v) is 8.03. The van der Waals surface area contributed by atoms with Crippen molar-refractivity contribution in [3.8, 4) is 5.75 Å². The van der Waals surface area contributed by atoms with Crippen LogP contribution >= 0.6 is 11.6 Å². The number of hydrogen-bond acceptors (Lipinski definition) is 3. The second-order valence-electron chi connectivity index (χ2n) is 7.59. The van der Waals surface area contributed by atoms with Crippen molar-refractivity contribution in [1.29, 1.82) is 0 Å². The third kappa shape index (κ3) is 4.75. The van der Waals surface area contributed by atoms with E-state index in [-0.39, 0.29) is 11.5 Å². The Labute approximate surface area is 190 Å². The van der Waals surface area contributed by atoms with Crippen molar-refractivity contribution >= 4 is 29.1 Å². The molecule has 164 valence electrons. The molecule has 5 nitrogen and oxygen atoms in total. The first-order valence-corrected chi connectivity index (χ1v) is 10.7. The number of rotatable bonds is 5. The molecular weight excluding hydrogens is 431 g/mol. The fourth-order valence-corrected chi connectivity index (χ4v) is 3.76. The summed E-state index contributed by atoms with van der Waals surface area (Å²) >= 11 is 5.98. The third-order valence-electron chi connectivity index (χ3n) is 5.31. The van der Waals surface area contributed by atoms with E-state index in [1.807, 2.05) is 19.1 Å². The Morgan fingerprint density at radius 3 is 2.62 bits per heavy atom. The van der Waals surface area contributed by atoms with E-state index in [2.05, 4.69) is 5.32 Å². The van der Waals surface area contributed by atoms with Crippen LogP contribution in [0.1, 0.15) is 34.8 Å². The predicted molar refractivity (Wildman–Crippen MR) is 121 cm³/mol. The van der Waals surface area contributed by atoms with Crippen molar-refractivity contribution in [2.75, 3.05) is 5.32 Å². The zero-order valence-electron chi connectivity index (χ0n) is 17.5. The standard InChI is InChI=1S/C25H22ClFN2O3/c1-2-22-25(31)29(14-16-7-9-18(26)10-8-16)15-17-13-19(11-12-23(17)32-22)28-24(30)20-5-3-4-6-21(20)27/h3-13,22H,2,14-15H2,1H3,(H,28,30)/t22-/m0/s1. The molecule has 3 aromatic carbocycles. The zero-order chi connectivity index (χ0) is 22.7. The Balaban J connectivity index is 1.59. The van der Waals surface area contributed by atoms with E-state index >= 15 is 0 Å². The summed E-state index contributed by atoms with van der Waals surface area (Å²) in [5.74, 6) is -0.643. The molecule has 4 rings (SSSR count). The average Bonchev–Trinajstić information content (AvgIpc) is 2.91. The molecule has 0 aliphatic carbocycles. The molecule has 1 heterocycles. The quantitative estimate of drug-likeness (QED) is 0.561. The number of fused-ring (bicyclic) bond motifs is 1. The molecule has 32 heavy (non-hydrogen) atoms. The fourth-order valence-electron chi connectivity index (χ4n) is 3.63. The summed E-state index contributed by atoms with van der Waals surface area (Å²) in [6.07, 6.45) is -0.0661. The van der Waals surface area contributed by atoms with Gasteiger partial charge in [-0.1, -0.05) is 42.8 Å². The first kappa shape index (κ1) is 21.8. The molecule has 0 spiro atoms. The highest BCUT2D eigenvalue weighted by Gasteiger charge is 2.30. The summed E-state index contributed by atoms with van der Waals surface area (Å²) in [6.45, 7) is 2.62. The van der Waals surface area contributed by atoms with Gasteiger partial charge in [-0.05, 0) is 54.4 Å². The second kappa shape index (κ2) is 9.40. The van der Waals surface area contributed by atoms with Crippen LogP contribution in [0.5, 0.6) is 5.75 Å². The van der Waals surface area contributed by atoms with E-state index in [1.54, 1.807) is 41.3 Å². The lowest BCUT2D eigenvalue weighted by molar-refractivity contribution is -0.139. The van der Waals surface area contributed by atoms with E-state index in [0.29, 0.717) is 36.0 Å². The normalized spacial score (nSPS) is 15.5. The minimum absolute atomic E-state index is 0.0377. The van der Waals surface area contributed by atoms with Crippen LogP contribution in [-0.2, 0) is 17.9 Å². The highest BCUT2D eigenvalue weighted by atomic mass is 35.5. The van der Waals surface area contributed by atoms with Crippen LogP contribution in [0.15, 0.2) is 66.7 Å². The van der Waals surface area contributed by atoms with E-state index in [1.165, 1.54) is 18.2 Å². The molecule has 1 aliphatic heterocycles. The molecule has 1 aliphatic rings. The van der Waals surface area contributed by atoms with E-state index in [9.17, 15) is 14.0 Å². The van der Waals surface area contributed by atoms with E-state index in [0.717, 1.165) is 11.1 Å². The smallest absolute Gasteiger partial charge is 0.264 e. The molecule has 7 heteroatoms. The van der Waals surface area contributed by atoms with Gasteiger partial charge in [0.2, 0.25) is 0 Å². The molecule has 1 N–H and O–H groups in total. The van der Waals surface area contributed by atoms with Crippen LogP contribution in [0.3, 0.4) is 0 Å². The monoisotopic (exact) mass is 452 g/mol. The molecule has 3 aromatic rings. The summed E-state index contributed by atoms with van der Waals surface area (Å²) in [5, 5.41) is 3.35. The number of anilines is 1. The number of amides is 2. The molecule has 0 bridgehead atoms. The molecule has 0 saturated carbocycles. The minimum Gasteiger partial charge on any atom is -0.480 e. The van der Waals surface area contributed by atoms with Crippen molar-refractivity contribution in [2.24, 2.45) is 0 Å². The van der Waals surface area contributed by atoms with Gasteiger partial charge < -0.3 is 15.0 Å². The van der Waals surface area contributed by atoms with Gasteiger partial charge in [0.25, 0.3) is 11.8 Å². The number of nitrogens with one attached hydrogen (secondary N) is 1. The summed E-state index contributed by atoms with van der Waals surface area (Å²) in [6, 6.07) is 18.3. The van der Waals surface area contributed by atoms with Crippen molar-refractivity contribution in [3.05, 3.63) is 94.3 Å². The fraction of sp³-hybridized carbons (Fsp3) is 0.200. The average molecular weight is 453 g/mol. The third-order valence-corrected chi connectivity index (χ3v) is 5.56. The van der Waals surface area contributed by atoms with Gasteiger partial charge in [-0.3, -0.25) is 9.59 Å². The number of benzene rings is 3. The molecule has 1 atom stereocenters. The van der Waals surface area contributed by atoms with Gasteiger partial charge in [0.05, 0.1) is 5.56 Å². The first-order chi connectivity index (χ1) is 15.4. The highest BCUT2D eigenvalue weighted by molar-refractivity contribution is 6.30. The molecule has 2 amide bonds. The number of nitrogens with zero attached hydrogens (tertiary/aromatic N) is 1. The Morgan fingerprint density at radius 2 is 1.91 bits per heavy atom. The van der Waals surface area contributed by atoms with Gasteiger partial charge in [-0.25, -0.2) is 4.39 Å². The Kier molecular flexibility index (Phi) is 6.42. The molecule has 0 fully saturated rings. The number of halogens is 2. The summed E-state index contributed by atoms with van der Waals surface area (Å²) < 4.78 is 19.9. The Hall–Kier alpha value is -3.38. The maximum atomic E-state index is 13.9. The lowest BCUT2D eigenvalue weighted by Crippen LogP contribution is -2.38. The van der Waals surface area contributed by atoms with Crippen LogP contribution in [0.25, 0.3) is 0 Å². The summed E-state index contributed by atoms with van der Waals surface area (Å²) in [5.41, 5.74) is 2.17. The lowest BCUT2D eigenvalue weighted by Gasteiger charge is -2.23. The van der Waals surface area contributed by atoms with Crippen molar-refractivity contribution in [3.63, 3.8) is 0 Å². The van der Waals surface area contributed by atoms with Crippen molar-refractivity contribution < 1.29 is 18.7 Å². The minimum atomic E-state index is -0.595. The van der Waals surface area contributed by atoms with Crippen molar-refractivity contribution in [2.45, 2.75) is 32.5 Å². The Bertz CT molecular complexity index is 1150. The van der Waals surface area contributed by atoms with Gasteiger partial charge in [0.15, 0.2) is 6.10 Å². The van der Waals surface area contributed by atoms with E-state index < -0.39 is 17.8 Å². The van der Waals surface area contributed by atoms with Crippen LogP contribution in [0, 0.1) is 5.82 Å². The number of carbonyl (C=O) groups is 2. The van der Waals surface area contributed by atoms with Gasteiger partial charge in [0, 0.05) is 29.4 Å². The topological polar surface area (TPSA) is 58.6 Å². The largest absolute Gasteiger partial charge is 0.480 e. The van der Waals surface area contributed by atoms with Crippen molar-refractivity contribution in [1.82, 2.24) is 4.90 Å².